The second kappa shape index (κ2) is 4.96. The van der Waals surface area contributed by atoms with Gasteiger partial charge in [-0.05, 0) is 13.8 Å². The van der Waals surface area contributed by atoms with E-state index in [1.54, 1.807) is 6.92 Å². The highest BCUT2D eigenvalue weighted by Gasteiger charge is 2.33. The number of aromatic nitrogens is 2. The van der Waals surface area contributed by atoms with Gasteiger partial charge in [0.1, 0.15) is 0 Å². The van der Waals surface area contributed by atoms with E-state index in [-0.39, 0.29) is 17.7 Å². The maximum absolute atomic E-state index is 12.5. The highest BCUT2D eigenvalue weighted by Crippen LogP contribution is 2.21. The Hall–Kier alpha value is -0.960. The van der Waals surface area contributed by atoms with E-state index in [0.717, 1.165) is 0 Å². The van der Waals surface area contributed by atoms with E-state index in [1.807, 2.05) is 6.92 Å². The Kier molecular flexibility index (Phi) is 3.71. The number of ether oxygens (including phenoxy) is 1. The van der Waals surface area contributed by atoms with Crippen molar-refractivity contribution in [2.75, 3.05) is 19.7 Å². The van der Waals surface area contributed by atoms with Crippen LogP contribution in [0, 0.1) is 6.92 Å². The number of hydrogen-bond donors (Lipinski definition) is 2. The van der Waals surface area contributed by atoms with E-state index >= 15 is 0 Å². The summed E-state index contributed by atoms with van der Waals surface area (Å²) in [7, 11) is -3.59. The molecular weight excluding hydrogens is 256 g/mol. The molecule has 102 valence electrons. The SMILES string of the molecule is Cc1[nH]nc(S(=O)(=O)N2CCOC(C)C2)c1CN. The van der Waals surface area contributed by atoms with Crippen molar-refractivity contribution < 1.29 is 13.2 Å². The van der Waals surface area contributed by atoms with Gasteiger partial charge in [-0.25, -0.2) is 8.42 Å². The van der Waals surface area contributed by atoms with Gasteiger partial charge in [0.05, 0.1) is 12.7 Å². The van der Waals surface area contributed by atoms with E-state index in [1.165, 1.54) is 4.31 Å². The summed E-state index contributed by atoms with van der Waals surface area (Å²) in [4.78, 5) is 0. The van der Waals surface area contributed by atoms with Crippen LogP contribution in [0.4, 0.5) is 0 Å². The van der Waals surface area contributed by atoms with Gasteiger partial charge in [-0.2, -0.15) is 9.40 Å². The summed E-state index contributed by atoms with van der Waals surface area (Å²) in [6.07, 6.45) is -0.102. The quantitative estimate of drug-likeness (QED) is 0.780. The molecule has 1 aromatic rings. The third-order valence-corrected chi connectivity index (χ3v) is 4.87. The monoisotopic (exact) mass is 274 g/mol. The van der Waals surface area contributed by atoms with Crippen LogP contribution in [-0.4, -0.2) is 48.7 Å². The van der Waals surface area contributed by atoms with Crippen LogP contribution < -0.4 is 5.73 Å². The van der Waals surface area contributed by atoms with E-state index in [9.17, 15) is 8.42 Å². The molecule has 0 bridgehead atoms. The number of nitrogens with two attached hydrogens (primary N) is 1. The molecule has 18 heavy (non-hydrogen) atoms. The van der Waals surface area contributed by atoms with Gasteiger partial charge in [0, 0.05) is 30.9 Å². The van der Waals surface area contributed by atoms with Crippen molar-refractivity contribution in [1.29, 1.82) is 0 Å². The first kappa shape index (κ1) is 13.5. The summed E-state index contributed by atoms with van der Waals surface area (Å²) >= 11 is 0. The molecule has 1 aliphatic rings. The molecule has 3 N–H and O–H groups in total. The predicted octanol–water partition coefficient (Wildman–Crippen LogP) is -0.414. The minimum absolute atomic E-state index is 0.0385. The average Bonchev–Trinajstić information content (AvgIpc) is 2.71. The molecule has 8 heteroatoms. The predicted molar refractivity (Wildman–Crippen MR) is 65.4 cm³/mol. The minimum Gasteiger partial charge on any atom is -0.376 e. The van der Waals surface area contributed by atoms with Crippen LogP contribution >= 0.6 is 0 Å². The highest BCUT2D eigenvalue weighted by molar-refractivity contribution is 7.89. The third kappa shape index (κ3) is 2.28. The molecule has 1 fully saturated rings. The van der Waals surface area contributed by atoms with Gasteiger partial charge in [-0.3, -0.25) is 5.10 Å². The number of nitrogens with one attached hydrogen (secondary N) is 1. The number of sulfonamides is 1. The maximum Gasteiger partial charge on any atom is 0.262 e. The number of morpholine rings is 1. The zero-order valence-corrected chi connectivity index (χ0v) is 11.3. The van der Waals surface area contributed by atoms with Gasteiger partial charge in [0.25, 0.3) is 10.0 Å². The fraction of sp³-hybridized carbons (Fsp3) is 0.700. The van der Waals surface area contributed by atoms with Crippen LogP contribution in [-0.2, 0) is 21.3 Å². The molecule has 0 aromatic carbocycles. The fourth-order valence-electron chi connectivity index (χ4n) is 2.01. The smallest absolute Gasteiger partial charge is 0.262 e. The number of aryl methyl sites for hydroxylation is 1. The summed E-state index contributed by atoms with van der Waals surface area (Å²) in [5.74, 6) is 0. The van der Waals surface area contributed by atoms with Crippen molar-refractivity contribution in [2.45, 2.75) is 31.5 Å². The highest BCUT2D eigenvalue weighted by atomic mass is 32.2. The van der Waals surface area contributed by atoms with E-state index < -0.39 is 10.0 Å². The largest absolute Gasteiger partial charge is 0.376 e. The summed E-state index contributed by atoms with van der Waals surface area (Å²) in [6, 6.07) is 0. The fourth-order valence-corrected chi connectivity index (χ4v) is 3.69. The summed E-state index contributed by atoms with van der Waals surface area (Å²) in [5, 5.41) is 6.60. The topological polar surface area (TPSA) is 101 Å². The van der Waals surface area contributed by atoms with Gasteiger partial charge in [-0.15, -0.1) is 0 Å². The normalized spacial score (nSPS) is 22.3. The first-order chi connectivity index (χ1) is 8.46. The molecule has 1 atom stereocenters. The van der Waals surface area contributed by atoms with E-state index in [0.29, 0.717) is 31.0 Å². The molecule has 7 nitrogen and oxygen atoms in total. The van der Waals surface area contributed by atoms with Crippen LogP contribution in [0.5, 0.6) is 0 Å². The van der Waals surface area contributed by atoms with Gasteiger partial charge in [-0.1, -0.05) is 0 Å². The summed E-state index contributed by atoms with van der Waals surface area (Å²) in [5.41, 5.74) is 6.82. The molecule has 0 amide bonds. The minimum atomic E-state index is -3.59. The van der Waals surface area contributed by atoms with Crippen molar-refractivity contribution in [3.8, 4) is 0 Å². The summed E-state index contributed by atoms with van der Waals surface area (Å²) in [6.45, 7) is 4.86. The first-order valence-corrected chi connectivity index (χ1v) is 7.26. The number of aromatic amines is 1. The Balaban J connectivity index is 2.35. The molecule has 0 spiro atoms. The van der Waals surface area contributed by atoms with Crippen molar-refractivity contribution in [3.63, 3.8) is 0 Å². The van der Waals surface area contributed by atoms with Crippen molar-refractivity contribution in [1.82, 2.24) is 14.5 Å². The van der Waals surface area contributed by atoms with Crippen LogP contribution in [0.15, 0.2) is 5.03 Å². The van der Waals surface area contributed by atoms with E-state index in [2.05, 4.69) is 10.2 Å². The molecule has 2 rings (SSSR count). The molecule has 1 saturated heterocycles. The lowest BCUT2D eigenvalue weighted by Gasteiger charge is -2.29. The molecule has 0 radical (unpaired) electrons. The van der Waals surface area contributed by atoms with Gasteiger partial charge < -0.3 is 10.5 Å². The molecule has 0 aliphatic carbocycles. The molecule has 1 aromatic heterocycles. The second-order valence-corrected chi connectivity index (χ2v) is 6.23. The number of hydrogen-bond acceptors (Lipinski definition) is 5. The Morgan fingerprint density at radius 1 is 1.61 bits per heavy atom. The average molecular weight is 274 g/mol. The Labute approximate surface area is 106 Å². The van der Waals surface area contributed by atoms with E-state index in [4.69, 9.17) is 10.5 Å². The molecule has 1 aliphatic heterocycles. The molecule has 2 heterocycles. The molecular formula is C10H18N4O3S. The Morgan fingerprint density at radius 2 is 2.33 bits per heavy atom. The standard InChI is InChI=1S/C10H18N4O3S/c1-7-6-14(3-4-17-7)18(15,16)10-9(5-11)8(2)12-13-10/h7H,3-6,11H2,1-2H3,(H,12,13). The van der Waals surface area contributed by atoms with Crippen LogP contribution in [0.1, 0.15) is 18.2 Å². The van der Waals surface area contributed by atoms with Crippen LogP contribution in [0.3, 0.4) is 0 Å². The Bertz CT molecular complexity index is 525. The van der Waals surface area contributed by atoms with Gasteiger partial charge in [0.15, 0.2) is 5.03 Å². The van der Waals surface area contributed by atoms with Gasteiger partial charge in [0.2, 0.25) is 0 Å². The van der Waals surface area contributed by atoms with Crippen molar-refractivity contribution >= 4 is 10.0 Å². The molecule has 1 unspecified atom stereocenters. The second-order valence-electron chi connectivity index (χ2n) is 4.38. The van der Waals surface area contributed by atoms with Crippen molar-refractivity contribution in [3.05, 3.63) is 11.3 Å². The zero-order valence-electron chi connectivity index (χ0n) is 10.5. The number of H-pyrrole nitrogens is 1. The van der Waals surface area contributed by atoms with Crippen LogP contribution in [0.2, 0.25) is 0 Å². The zero-order chi connectivity index (χ0) is 13.3. The number of rotatable bonds is 3. The maximum atomic E-state index is 12.5. The summed E-state index contributed by atoms with van der Waals surface area (Å²) < 4.78 is 31.7. The lowest BCUT2D eigenvalue weighted by Crippen LogP contribution is -2.44. The lowest BCUT2D eigenvalue weighted by molar-refractivity contribution is 0.0101. The first-order valence-electron chi connectivity index (χ1n) is 5.82. The van der Waals surface area contributed by atoms with Crippen molar-refractivity contribution in [2.24, 2.45) is 5.73 Å². The lowest BCUT2D eigenvalue weighted by atomic mass is 10.3. The number of nitrogens with zero attached hydrogens (tertiary/aromatic N) is 2. The Morgan fingerprint density at radius 3 is 2.94 bits per heavy atom. The molecule has 0 saturated carbocycles. The van der Waals surface area contributed by atoms with Gasteiger partial charge >= 0.3 is 0 Å². The third-order valence-electron chi connectivity index (χ3n) is 3.03. The van der Waals surface area contributed by atoms with Crippen LogP contribution in [0.25, 0.3) is 0 Å².